The standard InChI is InChI=1S/C11H16O3/c12-8-11(14)7-10(13)6-9-4-2-1-3-5-9/h1-5,10-14H,6-8H2/t10-,11-/m1/s1. The average Bonchev–Trinajstić information content (AvgIpc) is 2.19. The van der Waals surface area contributed by atoms with Crippen molar-refractivity contribution < 1.29 is 15.3 Å². The lowest BCUT2D eigenvalue weighted by atomic mass is 10.0. The van der Waals surface area contributed by atoms with Crippen LogP contribution in [0.5, 0.6) is 0 Å². The molecule has 0 heterocycles. The molecule has 0 radical (unpaired) electrons. The molecule has 1 aromatic rings. The van der Waals surface area contributed by atoms with E-state index in [4.69, 9.17) is 10.2 Å². The molecule has 0 spiro atoms. The van der Waals surface area contributed by atoms with E-state index >= 15 is 0 Å². The monoisotopic (exact) mass is 196 g/mol. The lowest BCUT2D eigenvalue weighted by Gasteiger charge is -2.13. The van der Waals surface area contributed by atoms with E-state index in [0.29, 0.717) is 6.42 Å². The highest BCUT2D eigenvalue weighted by molar-refractivity contribution is 5.15. The molecule has 0 aliphatic carbocycles. The maximum absolute atomic E-state index is 9.53. The maximum Gasteiger partial charge on any atom is 0.0795 e. The Hall–Kier alpha value is -0.900. The quantitative estimate of drug-likeness (QED) is 0.636. The summed E-state index contributed by atoms with van der Waals surface area (Å²) in [6.45, 7) is -0.300. The van der Waals surface area contributed by atoms with E-state index in [1.807, 2.05) is 30.3 Å². The molecule has 2 atom stereocenters. The Morgan fingerprint density at radius 3 is 2.21 bits per heavy atom. The fraction of sp³-hybridized carbons (Fsp3) is 0.455. The second-order valence-electron chi connectivity index (χ2n) is 3.42. The van der Waals surface area contributed by atoms with Gasteiger partial charge in [0.2, 0.25) is 0 Å². The van der Waals surface area contributed by atoms with Crippen molar-refractivity contribution in [2.75, 3.05) is 6.61 Å². The van der Waals surface area contributed by atoms with E-state index in [2.05, 4.69) is 0 Å². The molecule has 0 saturated carbocycles. The average molecular weight is 196 g/mol. The van der Waals surface area contributed by atoms with Gasteiger partial charge in [-0.2, -0.15) is 0 Å². The zero-order chi connectivity index (χ0) is 10.4. The molecule has 3 N–H and O–H groups in total. The van der Waals surface area contributed by atoms with Gasteiger partial charge in [-0.15, -0.1) is 0 Å². The number of hydrogen-bond acceptors (Lipinski definition) is 3. The van der Waals surface area contributed by atoms with Crippen LogP contribution in [-0.4, -0.2) is 34.1 Å². The number of aliphatic hydroxyl groups is 3. The van der Waals surface area contributed by atoms with Crippen LogP contribution in [0.3, 0.4) is 0 Å². The zero-order valence-corrected chi connectivity index (χ0v) is 8.00. The molecular formula is C11H16O3. The van der Waals surface area contributed by atoms with Crippen LogP contribution in [0.25, 0.3) is 0 Å². The van der Waals surface area contributed by atoms with Gasteiger partial charge in [0, 0.05) is 6.42 Å². The molecule has 0 unspecified atom stereocenters. The first-order valence-corrected chi connectivity index (χ1v) is 4.73. The molecule has 3 nitrogen and oxygen atoms in total. The Labute approximate surface area is 83.6 Å². The van der Waals surface area contributed by atoms with Crippen molar-refractivity contribution in [2.45, 2.75) is 25.0 Å². The Kier molecular flexibility index (Phi) is 4.59. The van der Waals surface area contributed by atoms with Crippen molar-refractivity contribution in [1.82, 2.24) is 0 Å². The van der Waals surface area contributed by atoms with Crippen molar-refractivity contribution >= 4 is 0 Å². The molecule has 1 aromatic carbocycles. The Balaban J connectivity index is 2.37. The molecule has 0 bridgehead atoms. The van der Waals surface area contributed by atoms with Gasteiger partial charge in [0.25, 0.3) is 0 Å². The summed E-state index contributed by atoms with van der Waals surface area (Å²) in [6, 6.07) is 9.58. The van der Waals surface area contributed by atoms with E-state index in [0.717, 1.165) is 5.56 Å². The summed E-state index contributed by atoms with van der Waals surface area (Å²) in [7, 11) is 0. The van der Waals surface area contributed by atoms with Crippen LogP contribution in [-0.2, 0) is 6.42 Å². The van der Waals surface area contributed by atoms with Crippen molar-refractivity contribution in [1.29, 1.82) is 0 Å². The predicted octanol–water partition coefficient (Wildman–Crippen LogP) is 0.333. The topological polar surface area (TPSA) is 60.7 Å². The summed E-state index contributed by atoms with van der Waals surface area (Å²) in [5.41, 5.74) is 1.03. The Bertz CT molecular complexity index is 248. The minimum atomic E-state index is -0.825. The zero-order valence-electron chi connectivity index (χ0n) is 8.00. The first kappa shape index (κ1) is 11.2. The highest BCUT2D eigenvalue weighted by atomic mass is 16.3. The van der Waals surface area contributed by atoms with E-state index in [1.165, 1.54) is 0 Å². The first-order chi connectivity index (χ1) is 6.72. The highest BCUT2D eigenvalue weighted by Crippen LogP contribution is 2.07. The molecule has 14 heavy (non-hydrogen) atoms. The number of hydrogen-bond donors (Lipinski definition) is 3. The Morgan fingerprint density at radius 2 is 1.64 bits per heavy atom. The molecule has 0 saturated heterocycles. The molecule has 1 rings (SSSR count). The van der Waals surface area contributed by atoms with Crippen molar-refractivity contribution in [3.63, 3.8) is 0 Å². The summed E-state index contributed by atoms with van der Waals surface area (Å²) < 4.78 is 0. The number of rotatable bonds is 5. The van der Waals surface area contributed by atoms with Crippen LogP contribution in [0.1, 0.15) is 12.0 Å². The predicted molar refractivity (Wildman–Crippen MR) is 53.9 cm³/mol. The highest BCUT2D eigenvalue weighted by Gasteiger charge is 2.11. The molecule has 0 amide bonds. The second-order valence-corrected chi connectivity index (χ2v) is 3.42. The van der Waals surface area contributed by atoms with Crippen LogP contribution in [0.4, 0.5) is 0 Å². The maximum atomic E-state index is 9.53. The fourth-order valence-electron chi connectivity index (χ4n) is 1.36. The summed E-state index contributed by atoms with van der Waals surface area (Å²) in [5.74, 6) is 0. The summed E-state index contributed by atoms with van der Waals surface area (Å²) in [5, 5.41) is 27.2. The number of aliphatic hydroxyl groups excluding tert-OH is 3. The van der Waals surface area contributed by atoms with Gasteiger partial charge in [-0.1, -0.05) is 30.3 Å². The van der Waals surface area contributed by atoms with Crippen molar-refractivity contribution in [2.24, 2.45) is 0 Å². The van der Waals surface area contributed by atoms with Crippen LogP contribution >= 0.6 is 0 Å². The second kappa shape index (κ2) is 5.75. The van der Waals surface area contributed by atoms with Gasteiger partial charge in [-0.3, -0.25) is 0 Å². The SMILES string of the molecule is OC[C@H](O)C[C@H](O)Cc1ccccc1. The largest absolute Gasteiger partial charge is 0.394 e. The summed E-state index contributed by atoms with van der Waals surface area (Å²) in [6.07, 6.45) is -0.697. The van der Waals surface area contributed by atoms with E-state index < -0.39 is 12.2 Å². The molecule has 0 fully saturated rings. The van der Waals surface area contributed by atoms with E-state index in [9.17, 15) is 5.11 Å². The third kappa shape index (κ3) is 3.87. The van der Waals surface area contributed by atoms with Gasteiger partial charge in [0.1, 0.15) is 0 Å². The van der Waals surface area contributed by atoms with Crippen LogP contribution in [0.15, 0.2) is 30.3 Å². The van der Waals surface area contributed by atoms with Gasteiger partial charge in [0.15, 0.2) is 0 Å². The first-order valence-electron chi connectivity index (χ1n) is 4.73. The molecule has 0 aromatic heterocycles. The van der Waals surface area contributed by atoms with Gasteiger partial charge in [-0.25, -0.2) is 0 Å². The molecular weight excluding hydrogens is 180 g/mol. The van der Waals surface area contributed by atoms with E-state index in [-0.39, 0.29) is 13.0 Å². The Morgan fingerprint density at radius 1 is 1.00 bits per heavy atom. The van der Waals surface area contributed by atoms with Gasteiger partial charge in [-0.05, 0) is 12.0 Å². The van der Waals surface area contributed by atoms with Crippen LogP contribution in [0.2, 0.25) is 0 Å². The van der Waals surface area contributed by atoms with E-state index in [1.54, 1.807) is 0 Å². The van der Waals surface area contributed by atoms with Gasteiger partial charge in [0.05, 0.1) is 18.8 Å². The lowest BCUT2D eigenvalue weighted by molar-refractivity contribution is 0.0420. The summed E-state index contributed by atoms with van der Waals surface area (Å²) in [4.78, 5) is 0. The minimum Gasteiger partial charge on any atom is -0.394 e. The summed E-state index contributed by atoms with van der Waals surface area (Å²) >= 11 is 0. The van der Waals surface area contributed by atoms with Crippen LogP contribution in [0, 0.1) is 0 Å². The fourth-order valence-corrected chi connectivity index (χ4v) is 1.36. The lowest BCUT2D eigenvalue weighted by Crippen LogP contribution is -2.22. The smallest absolute Gasteiger partial charge is 0.0795 e. The third-order valence-electron chi connectivity index (χ3n) is 2.07. The van der Waals surface area contributed by atoms with Crippen molar-refractivity contribution in [3.8, 4) is 0 Å². The normalized spacial score (nSPS) is 15.1. The molecule has 78 valence electrons. The molecule has 0 aliphatic heterocycles. The molecule has 3 heteroatoms. The third-order valence-corrected chi connectivity index (χ3v) is 2.07. The van der Waals surface area contributed by atoms with Gasteiger partial charge < -0.3 is 15.3 Å². The van der Waals surface area contributed by atoms with Crippen molar-refractivity contribution in [3.05, 3.63) is 35.9 Å². The van der Waals surface area contributed by atoms with Crippen LogP contribution < -0.4 is 0 Å². The minimum absolute atomic E-state index is 0.214. The van der Waals surface area contributed by atoms with Gasteiger partial charge >= 0.3 is 0 Å². The number of benzene rings is 1. The molecule has 0 aliphatic rings.